The van der Waals surface area contributed by atoms with Crippen molar-refractivity contribution in [2.75, 3.05) is 0 Å². The number of carboxylic acid groups (broad SMARTS) is 1. The summed E-state index contributed by atoms with van der Waals surface area (Å²) in [5, 5.41) is 15.0. The molecular formula is C21H27N3O6. The normalized spacial score (nSPS) is 12.9. The first-order valence-corrected chi connectivity index (χ1v) is 9.72. The number of hydrogen-bond donors (Lipinski definition) is 4. The van der Waals surface area contributed by atoms with Crippen molar-refractivity contribution < 1.29 is 29.0 Å². The standard InChI is InChI=1S/C21H27N3O6/c1-12(2)30-21(29)17(8-9-19(26)27)24-20(28)18(23-13(3)25)10-14-11-22-16-7-5-4-6-15(14)16/h4-7,11-12,17-18,22H,8-10H2,1-3H3,(H,23,25)(H,24,28)(H,26,27)/t17-,18-/m0/s1. The Morgan fingerprint density at radius 2 is 1.80 bits per heavy atom. The smallest absolute Gasteiger partial charge is 0.328 e. The first-order valence-electron chi connectivity index (χ1n) is 9.72. The molecule has 2 atom stereocenters. The third-order valence-electron chi connectivity index (χ3n) is 4.39. The van der Waals surface area contributed by atoms with Gasteiger partial charge in [-0.3, -0.25) is 14.4 Å². The molecule has 0 unspecified atom stereocenters. The topological polar surface area (TPSA) is 138 Å². The van der Waals surface area contributed by atoms with Crippen LogP contribution in [0.25, 0.3) is 10.9 Å². The quantitative estimate of drug-likeness (QED) is 0.433. The lowest BCUT2D eigenvalue weighted by atomic mass is 10.0. The third-order valence-corrected chi connectivity index (χ3v) is 4.39. The number of carbonyl (C=O) groups is 4. The maximum absolute atomic E-state index is 12.9. The Labute approximate surface area is 174 Å². The Balaban J connectivity index is 2.19. The molecule has 30 heavy (non-hydrogen) atoms. The Morgan fingerprint density at radius 3 is 2.43 bits per heavy atom. The molecule has 1 heterocycles. The van der Waals surface area contributed by atoms with Crippen molar-refractivity contribution in [2.24, 2.45) is 0 Å². The predicted octanol–water partition coefficient (Wildman–Crippen LogP) is 1.52. The fourth-order valence-corrected chi connectivity index (χ4v) is 3.08. The Hall–Kier alpha value is -3.36. The number of nitrogens with one attached hydrogen (secondary N) is 3. The van der Waals surface area contributed by atoms with E-state index in [0.717, 1.165) is 16.5 Å². The molecule has 9 heteroatoms. The Morgan fingerprint density at radius 1 is 1.10 bits per heavy atom. The number of hydrogen-bond acceptors (Lipinski definition) is 5. The Kier molecular flexibility index (Phi) is 7.97. The summed E-state index contributed by atoms with van der Waals surface area (Å²) in [5.74, 6) is -2.80. The van der Waals surface area contributed by atoms with Crippen LogP contribution in [0.5, 0.6) is 0 Å². The Bertz CT molecular complexity index is 920. The number of carboxylic acids is 1. The van der Waals surface area contributed by atoms with Crippen molar-refractivity contribution in [3.8, 4) is 0 Å². The van der Waals surface area contributed by atoms with Gasteiger partial charge in [-0.1, -0.05) is 18.2 Å². The molecule has 4 N–H and O–H groups in total. The molecule has 2 amide bonds. The molecule has 1 aromatic heterocycles. The van der Waals surface area contributed by atoms with Gasteiger partial charge in [-0.15, -0.1) is 0 Å². The number of carbonyl (C=O) groups excluding carboxylic acids is 3. The molecule has 0 saturated heterocycles. The number of H-pyrrole nitrogens is 1. The van der Waals surface area contributed by atoms with Gasteiger partial charge in [-0.2, -0.15) is 0 Å². The molecule has 2 rings (SSSR count). The van der Waals surface area contributed by atoms with E-state index >= 15 is 0 Å². The van der Waals surface area contributed by atoms with Gasteiger partial charge in [-0.05, 0) is 31.9 Å². The van der Waals surface area contributed by atoms with Gasteiger partial charge >= 0.3 is 11.9 Å². The van der Waals surface area contributed by atoms with Crippen LogP contribution in [0, 0.1) is 0 Å². The van der Waals surface area contributed by atoms with Gasteiger partial charge in [0.25, 0.3) is 0 Å². The van der Waals surface area contributed by atoms with Gasteiger partial charge in [0, 0.05) is 36.9 Å². The fourth-order valence-electron chi connectivity index (χ4n) is 3.08. The zero-order valence-corrected chi connectivity index (χ0v) is 17.2. The third kappa shape index (κ3) is 6.61. The van der Waals surface area contributed by atoms with Crippen molar-refractivity contribution in [3.63, 3.8) is 0 Å². The number of esters is 1. The molecule has 0 saturated carbocycles. The SMILES string of the molecule is CC(=O)N[C@@H](Cc1c[nH]c2ccccc12)C(=O)N[C@@H](CCC(=O)O)C(=O)OC(C)C. The minimum absolute atomic E-state index is 0.119. The number of para-hydroxylation sites is 1. The van der Waals surface area contributed by atoms with Crippen molar-refractivity contribution >= 4 is 34.7 Å². The summed E-state index contributed by atoms with van der Waals surface area (Å²) in [6, 6.07) is 5.48. The van der Waals surface area contributed by atoms with E-state index in [0.29, 0.717) is 0 Å². The van der Waals surface area contributed by atoms with Crippen molar-refractivity contribution in [1.29, 1.82) is 0 Å². The van der Waals surface area contributed by atoms with Crippen LogP contribution in [-0.4, -0.2) is 52.0 Å². The van der Waals surface area contributed by atoms with E-state index in [-0.39, 0.29) is 19.3 Å². The number of rotatable bonds is 10. The molecule has 0 spiro atoms. The van der Waals surface area contributed by atoms with E-state index in [2.05, 4.69) is 15.6 Å². The van der Waals surface area contributed by atoms with Crippen LogP contribution in [0.1, 0.15) is 39.2 Å². The average molecular weight is 417 g/mol. The molecule has 0 aliphatic heterocycles. The minimum atomic E-state index is -1.13. The molecule has 9 nitrogen and oxygen atoms in total. The lowest BCUT2D eigenvalue weighted by molar-refractivity contribution is -0.152. The van der Waals surface area contributed by atoms with Crippen molar-refractivity contribution in [3.05, 3.63) is 36.0 Å². The number of ether oxygens (including phenoxy) is 1. The predicted molar refractivity (Wildman–Crippen MR) is 110 cm³/mol. The minimum Gasteiger partial charge on any atom is -0.481 e. The number of benzene rings is 1. The highest BCUT2D eigenvalue weighted by atomic mass is 16.5. The van der Waals surface area contributed by atoms with Crippen LogP contribution in [0.3, 0.4) is 0 Å². The maximum atomic E-state index is 12.9. The largest absolute Gasteiger partial charge is 0.481 e. The maximum Gasteiger partial charge on any atom is 0.328 e. The fraction of sp³-hybridized carbons (Fsp3) is 0.429. The lowest BCUT2D eigenvalue weighted by Gasteiger charge is -2.22. The van der Waals surface area contributed by atoms with Crippen LogP contribution >= 0.6 is 0 Å². The van der Waals surface area contributed by atoms with Crippen LogP contribution in [-0.2, 0) is 30.3 Å². The number of aliphatic carboxylic acids is 1. The highest BCUT2D eigenvalue weighted by molar-refractivity contribution is 5.91. The number of amides is 2. The van der Waals surface area contributed by atoms with Gasteiger partial charge < -0.3 is 25.5 Å². The monoisotopic (exact) mass is 417 g/mol. The van der Waals surface area contributed by atoms with Gasteiger partial charge in [0.05, 0.1) is 6.10 Å². The van der Waals surface area contributed by atoms with Gasteiger partial charge in [-0.25, -0.2) is 4.79 Å². The van der Waals surface area contributed by atoms with Gasteiger partial charge in [0.1, 0.15) is 12.1 Å². The van der Waals surface area contributed by atoms with Crippen LogP contribution in [0.2, 0.25) is 0 Å². The van der Waals surface area contributed by atoms with E-state index in [9.17, 15) is 19.2 Å². The second-order valence-electron chi connectivity index (χ2n) is 7.30. The van der Waals surface area contributed by atoms with E-state index in [4.69, 9.17) is 9.84 Å². The van der Waals surface area contributed by atoms with E-state index in [1.807, 2.05) is 24.3 Å². The highest BCUT2D eigenvalue weighted by Gasteiger charge is 2.28. The average Bonchev–Trinajstić information content (AvgIpc) is 3.06. The molecule has 0 fully saturated rings. The number of fused-ring (bicyclic) bond motifs is 1. The zero-order valence-electron chi connectivity index (χ0n) is 17.2. The van der Waals surface area contributed by atoms with E-state index in [1.54, 1.807) is 20.0 Å². The summed E-state index contributed by atoms with van der Waals surface area (Å²) < 4.78 is 5.13. The summed E-state index contributed by atoms with van der Waals surface area (Å²) in [6.07, 6.45) is 1.11. The van der Waals surface area contributed by atoms with Crippen LogP contribution in [0.15, 0.2) is 30.5 Å². The summed E-state index contributed by atoms with van der Waals surface area (Å²) in [5.41, 5.74) is 1.72. The summed E-state index contributed by atoms with van der Waals surface area (Å²) in [4.78, 5) is 50.9. The molecule has 0 radical (unpaired) electrons. The molecule has 162 valence electrons. The van der Waals surface area contributed by atoms with Gasteiger partial charge in [0.2, 0.25) is 11.8 Å². The van der Waals surface area contributed by atoms with Crippen molar-refractivity contribution in [1.82, 2.24) is 15.6 Å². The lowest BCUT2D eigenvalue weighted by Crippen LogP contribution is -2.52. The molecule has 1 aromatic carbocycles. The van der Waals surface area contributed by atoms with Crippen LogP contribution < -0.4 is 10.6 Å². The van der Waals surface area contributed by atoms with Crippen molar-refractivity contribution in [2.45, 2.75) is 58.2 Å². The van der Waals surface area contributed by atoms with E-state index < -0.39 is 41.9 Å². The van der Waals surface area contributed by atoms with Gasteiger partial charge in [0.15, 0.2) is 0 Å². The summed E-state index contributed by atoms with van der Waals surface area (Å²) in [7, 11) is 0. The molecule has 0 aliphatic rings. The first kappa shape index (κ1) is 22.9. The number of aromatic amines is 1. The molecule has 0 bridgehead atoms. The van der Waals surface area contributed by atoms with Crippen LogP contribution in [0.4, 0.5) is 0 Å². The first-order chi connectivity index (χ1) is 14.2. The number of aromatic nitrogens is 1. The zero-order chi connectivity index (χ0) is 22.3. The molecule has 0 aliphatic carbocycles. The summed E-state index contributed by atoms with van der Waals surface area (Å²) in [6.45, 7) is 4.61. The second-order valence-corrected chi connectivity index (χ2v) is 7.30. The molecule has 2 aromatic rings. The van der Waals surface area contributed by atoms with E-state index in [1.165, 1.54) is 6.92 Å². The second kappa shape index (κ2) is 10.4. The highest BCUT2D eigenvalue weighted by Crippen LogP contribution is 2.19. The molecular weight excluding hydrogens is 390 g/mol. The summed E-state index contributed by atoms with van der Waals surface area (Å²) >= 11 is 0.